The van der Waals surface area contributed by atoms with Gasteiger partial charge in [-0.15, -0.1) is 11.3 Å². The zero-order valence-corrected chi connectivity index (χ0v) is 12.0. The largest absolute Gasteiger partial charge is 0.389 e. The summed E-state index contributed by atoms with van der Waals surface area (Å²) in [6.07, 6.45) is 1.33. The Labute approximate surface area is 107 Å². The van der Waals surface area contributed by atoms with Gasteiger partial charge in [0, 0.05) is 11.4 Å². The lowest BCUT2D eigenvalue weighted by Gasteiger charge is -2.21. The fraction of sp³-hybridized carbons (Fsp3) is 0.636. The highest BCUT2D eigenvalue weighted by Crippen LogP contribution is 2.22. The summed E-state index contributed by atoms with van der Waals surface area (Å²) in [4.78, 5) is 1.03. The van der Waals surface area contributed by atoms with Gasteiger partial charge in [-0.3, -0.25) is 0 Å². The SMILES string of the molecule is CCc1ccc(S(=O)(=O)NCC(C)(O)CC)s1. The van der Waals surface area contributed by atoms with Gasteiger partial charge in [0.15, 0.2) is 0 Å². The van der Waals surface area contributed by atoms with Gasteiger partial charge in [-0.1, -0.05) is 13.8 Å². The van der Waals surface area contributed by atoms with Crippen LogP contribution < -0.4 is 4.72 Å². The predicted octanol–water partition coefficient (Wildman–Crippen LogP) is 1.75. The number of aryl methyl sites for hydroxylation is 1. The molecular weight excluding hydrogens is 258 g/mol. The van der Waals surface area contributed by atoms with Crippen LogP contribution in [0.5, 0.6) is 0 Å². The van der Waals surface area contributed by atoms with E-state index in [1.807, 2.05) is 19.9 Å². The Morgan fingerprint density at radius 2 is 2.06 bits per heavy atom. The Bertz CT molecular complexity index is 463. The van der Waals surface area contributed by atoms with Crippen LogP contribution in [0.4, 0.5) is 0 Å². The maximum Gasteiger partial charge on any atom is 0.250 e. The number of hydrogen-bond donors (Lipinski definition) is 2. The third kappa shape index (κ3) is 4.06. The summed E-state index contributed by atoms with van der Waals surface area (Å²) < 4.78 is 26.6. The molecule has 0 fully saturated rings. The van der Waals surface area contributed by atoms with Crippen molar-refractivity contribution in [1.29, 1.82) is 0 Å². The van der Waals surface area contributed by atoms with Gasteiger partial charge >= 0.3 is 0 Å². The molecule has 4 nitrogen and oxygen atoms in total. The van der Waals surface area contributed by atoms with Crippen molar-refractivity contribution in [3.63, 3.8) is 0 Å². The van der Waals surface area contributed by atoms with E-state index in [1.165, 1.54) is 11.3 Å². The number of rotatable bonds is 6. The Morgan fingerprint density at radius 3 is 2.53 bits per heavy atom. The molecule has 0 aliphatic rings. The average molecular weight is 277 g/mol. The second-order valence-corrected chi connectivity index (χ2v) is 7.41. The normalized spacial score (nSPS) is 15.8. The van der Waals surface area contributed by atoms with Crippen LogP contribution in [-0.4, -0.2) is 25.7 Å². The number of thiophene rings is 1. The van der Waals surface area contributed by atoms with E-state index in [9.17, 15) is 13.5 Å². The first-order valence-electron chi connectivity index (χ1n) is 5.61. The Balaban J connectivity index is 2.76. The molecule has 1 aromatic rings. The zero-order valence-electron chi connectivity index (χ0n) is 10.4. The molecule has 0 aromatic carbocycles. The van der Waals surface area contributed by atoms with E-state index < -0.39 is 15.6 Å². The van der Waals surface area contributed by atoms with Gasteiger partial charge in [0.1, 0.15) is 4.21 Å². The highest BCUT2D eigenvalue weighted by Gasteiger charge is 2.23. The smallest absolute Gasteiger partial charge is 0.250 e. The monoisotopic (exact) mass is 277 g/mol. The molecule has 0 aliphatic heterocycles. The van der Waals surface area contributed by atoms with Crippen molar-refractivity contribution in [1.82, 2.24) is 4.72 Å². The molecule has 0 saturated carbocycles. The van der Waals surface area contributed by atoms with Gasteiger partial charge in [-0.05, 0) is 31.9 Å². The number of nitrogens with one attached hydrogen (secondary N) is 1. The van der Waals surface area contributed by atoms with Gasteiger partial charge in [0.05, 0.1) is 5.60 Å². The molecule has 6 heteroatoms. The maximum atomic E-state index is 11.9. The topological polar surface area (TPSA) is 66.4 Å². The van der Waals surface area contributed by atoms with Crippen molar-refractivity contribution in [2.45, 2.75) is 43.4 Å². The fourth-order valence-electron chi connectivity index (χ4n) is 1.14. The Morgan fingerprint density at radius 1 is 1.41 bits per heavy atom. The van der Waals surface area contributed by atoms with E-state index in [1.54, 1.807) is 13.0 Å². The lowest BCUT2D eigenvalue weighted by molar-refractivity contribution is 0.0614. The van der Waals surface area contributed by atoms with E-state index in [2.05, 4.69) is 4.72 Å². The molecule has 0 amide bonds. The van der Waals surface area contributed by atoms with Crippen molar-refractivity contribution < 1.29 is 13.5 Å². The van der Waals surface area contributed by atoms with Gasteiger partial charge < -0.3 is 5.11 Å². The molecule has 1 unspecified atom stereocenters. The van der Waals surface area contributed by atoms with Gasteiger partial charge in [0.2, 0.25) is 10.0 Å². The molecule has 17 heavy (non-hydrogen) atoms. The van der Waals surface area contributed by atoms with Gasteiger partial charge in [-0.25, -0.2) is 13.1 Å². The first-order chi connectivity index (χ1) is 7.80. The van der Waals surface area contributed by atoms with Crippen molar-refractivity contribution >= 4 is 21.4 Å². The lowest BCUT2D eigenvalue weighted by Crippen LogP contribution is -2.39. The van der Waals surface area contributed by atoms with Crippen molar-refractivity contribution in [3.05, 3.63) is 17.0 Å². The molecule has 1 aromatic heterocycles. The second kappa shape index (κ2) is 5.48. The predicted molar refractivity (Wildman–Crippen MR) is 69.8 cm³/mol. The summed E-state index contributed by atoms with van der Waals surface area (Å²) in [5.74, 6) is 0. The number of hydrogen-bond acceptors (Lipinski definition) is 4. The summed E-state index contributed by atoms with van der Waals surface area (Å²) in [6, 6.07) is 3.42. The Hall–Kier alpha value is -0.430. The van der Waals surface area contributed by atoms with Crippen LogP contribution in [0.25, 0.3) is 0 Å². The van der Waals surface area contributed by atoms with Crippen LogP contribution in [-0.2, 0) is 16.4 Å². The molecule has 1 heterocycles. The molecule has 1 atom stereocenters. The molecular formula is C11H19NO3S2. The van der Waals surface area contributed by atoms with Crippen molar-refractivity contribution in [3.8, 4) is 0 Å². The highest BCUT2D eigenvalue weighted by atomic mass is 32.2. The van der Waals surface area contributed by atoms with E-state index in [-0.39, 0.29) is 6.54 Å². The summed E-state index contributed by atoms with van der Waals surface area (Å²) in [6.45, 7) is 5.44. The van der Waals surface area contributed by atoms with Crippen LogP contribution in [0.2, 0.25) is 0 Å². The van der Waals surface area contributed by atoms with Gasteiger partial charge in [-0.2, -0.15) is 0 Å². The summed E-state index contributed by atoms with van der Waals surface area (Å²) >= 11 is 1.27. The van der Waals surface area contributed by atoms with Crippen LogP contribution >= 0.6 is 11.3 Å². The highest BCUT2D eigenvalue weighted by molar-refractivity contribution is 7.91. The molecule has 0 spiro atoms. The van der Waals surface area contributed by atoms with Crippen LogP contribution in [0, 0.1) is 0 Å². The number of sulfonamides is 1. The molecule has 0 aliphatic carbocycles. The average Bonchev–Trinajstić information content (AvgIpc) is 2.76. The minimum atomic E-state index is -3.48. The quantitative estimate of drug-likeness (QED) is 0.832. The molecule has 2 N–H and O–H groups in total. The second-order valence-electron chi connectivity index (χ2n) is 4.25. The summed E-state index contributed by atoms with van der Waals surface area (Å²) in [5, 5.41) is 9.76. The Kier molecular flexibility index (Phi) is 4.71. The maximum absolute atomic E-state index is 11.9. The minimum absolute atomic E-state index is 0.0329. The first kappa shape index (κ1) is 14.6. The first-order valence-corrected chi connectivity index (χ1v) is 7.91. The van der Waals surface area contributed by atoms with E-state index in [0.29, 0.717) is 10.6 Å². The minimum Gasteiger partial charge on any atom is -0.389 e. The van der Waals surface area contributed by atoms with E-state index in [4.69, 9.17) is 0 Å². The summed E-state index contributed by atoms with van der Waals surface area (Å²) in [7, 11) is -3.48. The molecule has 98 valence electrons. The van der Waals surface area contributed by atoms with Gasteiger partial charge in [0.25, 0.3) is 0 Å². The summed E-state index contributed by atoms with van der Waals surface area (Å²) in [5.41, 5.74) is -1.00. The van der Waals surface area contributed by atoms with Crippen molar-refractivity contribution in [2.24, 2.45) is 0 Å². The van der Waals surface area contributed by atoms with Crippen molar-refractivity contribution in [2.75, 3.05) is 6.54 Å². The zero-order chi connectivity index (χ0) is 13.1. The third-order valence-electron chi connectivity index (χ3n) is 2.66. The molecule has 0 radical (unpaired) electrons. The number of aliphatic hydroxyl groups is 1. The van der Waals surface area contributed by atoms with Crippen LogP contribution in [0.1, 0.15) is 32.1 Å². The van der Waals surface area contributed by atoms with Crippen LogP contribution in [0.15, 0.2) is 16.3 Å². The van der Waals surface area contributed by atoms with Crippen LogP contribution in [0.3, 0.4) is 0 Å². The standard InChI is InChI=1S/C11H19NO3S2/c1-4-9-6-7-10(16-9)17(14,15)12-8-11(3,13)5-2/h6-7,12-13H,4-5,8H2,1-3H3. The van der Waals surface area contributed by atoms with E-state index in [0.717, 1.165) is 11.3 Å². The lowest BCUT2D eigenvalue weighted by atomic mass is 10.1. The molecule has 0 saturated heterocycles. The third-order valence-corrected chi connectivity index (χ3v) is 5.78. The van der Waals surface area contributed by atoms with E-state index >= 15 is 0 Å². The fourth-order valence-corrected chi connectivity index (χ4v) is 3.64. The molecule has 0 bridgehead atoms. The molecule has 1 rings (SSSR count).